The normalized spacial score (nSPS) is 10.4. The van der Waals surface area contributed by atoms with Crippen LogP contribution in [0.4, 0.5) is 5.69 Å². The van der Waals surface area contributed by atoms with Crippen molar-refractivity contribution < 1.29 is 4.79 Å². The average molecular weight is 352 g/mol. The number of amides is 1. The third kappa shape index (κ3) is 5.41. The fraction of sp³-hybridized carbons (Fsp3) is 0.294. The highest BCUT2D eigenvalue weighted by atomic mass is 35.5. The number of rotatable bonds is 7. The molecular weight excluding hydrogens is 333 g/mol. The smallest absolute Gasteiger partial charge is 0.252 e. The molecule has 23 heavy (non-hydrogen) atoms. The number of nitrogens with one attached hydrogen (secondary N) is 2. The Kier molecular flexibility index (Phi) is 6.68. The van der Waals surface area contributed by atoms with Crippen LogP contribution >= 0.6 is 23.2 Å². The molecule has 0 aliphatic heterocycles. The molecule has 4 nitrogen and oxygen atoms in total. The second kappa shape index (κ2) is 8.75. The van der Waals surface area contributed by atoms with Gasteiger partial charge < -0.3 is 10.6 Å². The molecule has 1 heterocycles. The second-order valence-corrected chi connectivity index (χ2v) is 5.97. The molecule has 2 aromatic rings. The van der Waals surface area contributed by atoms with Crippen LogP contribution in [0.1, 0.15) is 29.3 Å². The minimum Gasteiger partial charge on any atom is -0.383 e. The summed E-state index contributed by atoms with van der Waals surface area (Å²) in [5.74, 6) is -0.108. The molecular formula is C17H19Cl2N3O. The first-order valence-corrected chi connectivity index (χ1v) is 8.26. The number of aromatic nitrogens is 1. The minimum atomic E-state index is -0.108. The number of nitrogens with zero attached hydrogens (tertiary/aromatic N) is 1. The zero-order valence-electron chi connectivity index (χ0n) is 12.9. The van der Waals surface area contributed by atoms with Crippen LogP contribution in [0.2, 0.25) is 10.0 Å². The zero-order chi connectivity index (χ0) is 16.7. The number of pyridine rings is 1. The molecule has 1 amide bonds. The number of hydrogen-bond acceptors (Lipinski definition) is 3. The van der Waals surface area contributed by atoms with Crippen LogP contribution in [0.3, 0.4) is 0 Å². The summed E-state index contributed by atoms with van der Waals surface area (Å²) in [6, 6.07) is 7.27. The van der Waals surface area contributed by atoms with Crippen molar-refractivity contribution in [2.45, 2.75) is 19.8 Å². The molecule has 6 heteroatoms. The minimum absolute atomic E-state index is 0.108. The van der Waals surface area contributed by atoms with E-state index in [9.17, 15) is 4.79 Å². The lowest BCUT2D eigenvalue weighted by Crippen LogP contribution is -2.24. The van der Waals surface area contributed by atoms with Crippen molar-refractivity contribution in [3.8, 4) is 0 Å². The molecule has 0 fully saturated rings. The molecule has 0 radical (unpaired) electrons. The highest BCUT2D eigenvalue weighted by Gasteiger charge is 2.06. The summed E-state index contributed by atoms with van der Waals surface area (Å²) in [4.78, 5) is 16.0. The van der Waals surface area contributed by atoms with Gasteiger partial charge in [0.1, 0.15) is 0 Å². The Balaban J connectivity index is 1.92. The van der Waals surface area contributed by atoms with Gasteiger partial charge in [0, 0.05) is 35.5 Å². The molecule has 0 bridgehead atoms. The van der Waals surface area contributed by atoms with E-state index in [0.29, 0.717) is 28.7 Å². The maximum atomic E-state index is 11.9. The van der Waals surface area contributed by atoms with Gasteiger partial charge >= 0.3 is 0 Å². The molecule has 2 rings (SSSR count). The Labute approximate surface area is 146 Å². The highest BCUT2D eigenvalue weighted by molar-refractivity contribution is 6.35. The quantitative estimate of drug-likeness (QED) is 0.786. The van der Waals surface area contributed by atoms with E-state index in [-0.39, 0.29) is 5.91 Å². The van der Waals surface area contributed by atoms with Gasteiger partial charge in [-0.15, -0.1) is 0 Å². The predicted molar refractivity (Wildman–Crippen MR) is 95.5 cm³/mol. The summed E-state index contributed by atoms with van der Waals surface area (Å²) in [5.41, 5.74) is 2.38. The first-order valence-electron chi connectivity index (χ1n) is 7.51. The fourth-order valence-corrected chi connectivity index (χ4v) is 2.57. The fourth-order valence-electron chi connectivity index (χ4n) is 2.07. The van der Waals surface area contributed by atoms with Crippen molar-refractivity contribution in [1.29, 1.82) is 0 Å². The van der Waals surface area contributed by atoms with Gasteiger partial charge in [-0.25, -0.2) is 0 Å². The Bertz CT molecular complexity index is 677. The molecule has 0 unspecified atom stereocenters. The summed E-state index contributed by atoms with van der Waals surface area (Å²) in [7, 11) is 0. The molecule has 0 aliphatic rings. The number of halogens is 2. The average Bonchev–Trinajstić information content (AvgIpc) is 2.55. The largest absolute Gasteiger partial charge is 0.383 e. The third-order valence-electron chi connectivity index (χ3n) is 3.27. The lowest BCUT2D eigenvalue weighted by atomic mass is 10.1. The van der Waals surface area contributed by atoms with Crippen LogP contribution in [0.5, 0.6) is 0 Å². The molecule has 0 aliphatic carbocycles. The number of anilines is 1. The maximum absolute atomic E-state index is 11.9. The van der Waals surface area contributed by atoms with Gasteiger partial charge in [0.15, 0.2) is 0 Å². The first-order chi connectivity index (χ1) is 11.1. The summed E-state index contributed by atoms with van der Waals surface area (Å²) < 4.78 is 0. The van der Waals surface area contributed by atoms with E-state index < -0.39 is 0 Å². The van der Waals surface area contributed by atoms with Crippen LogP contribution < -0.4 is 10.6 Å². The standard InChI is InChI=1S/C17H19Cl2N3O/c1-2-6-22-17(23)13-8-15(11-20-10-13)21-7-5-12-3-4-14(18)9-16(12)19/h3-4,8-11,21H,2,5-7H2,1H3,(H,22,23). The van der Waals surface area contributed by atoms with Crippen LogP contribution in [-0.2, 0) is 6.42 Å². The van der Waals surface area contributed by atoms with Gasteiger partial charge in [-0.3, -0.25) is 9.78 Å². The van der Waals surface area contributed by atoms with Crippen molar-refractivity contribution in [2.24, 2.45) is 0 Å². The maximum Gasteiger partial charge on any atom is 0.252 e. The Morgan fingerprint density at radius 2 is 2.00 bits per heavy atom. The van der Waals surface area contributed by atoms with Crippen LogP contribution in [0.15, 0.2) is 36.7 Å². The molecule has 122 valence electrons. The lowest BCUT2D eigenvalue weighted by Gasteiger charge is -2.09. The number of carbonyl (C=O) groups is 1. The van der Waals surface area contributed by atoms with Gasteiger partial charge in [0.05, 0.1) is 11.3 Å². The summed E-state index contributed by atoms with van der Waals surface area (Å²) in [5, 5.41) is 7.37. The monoisotopic (exact) mass is 351 g/mol. The van der Waals surface area contributed by atoms with E-state index in [1.807, 2.05) is 19.1 Å². The third-order valence-corrected chi connectivity index (χ3v) is 3.86. The van der Waals surface area contributed by atoms with E-state index >= 15 is 0 Å². The number of hydrogen-bond donors (Lipinski definition) is 2. The van der Waals surface area contributed by atoms with Crippen LogP contribution in [-0.4, -0.2) is 24.0 Å². The van der Waals surface area contributed by atoms with Crippen molar-refractivity contribution in [3.05, 3.63) is 57.8 Å². The summed E-state index contributed by atoms with van der Waals surface area (Å²) >= 11 is 12.0. The van der Waals surface area contributed by atoms with E-state index in [1.54, 1.807) is 24.5 Å². The molecule has 1 aromatic carbocycles. The molecule has 2 N–H and O–H groups in total. The Hall–Kier alpha value is -1.78. The van der Waals surface area contributed by atoms with Crippen molar-refractivity contribution in [2.75, 3.05) is 18.4 Å². The highest BCUT2D eigenvalue weighted by Crippen LogP contribution is 2.21. The van der Waals surface area contributed by atoms with E-state index in [2.05, 4.69) is 15.6 Å². The predicted octanol–water partition coefficient (Wildman–Crippen LogP) is 4.18. The molecule has 0 atom stereocenters. The summed E-state index contributed by atoms with van der Waals surface area (Å²) in [6.45, 7) is 3.35. The van der Waals surface area contributed by atoms with Gasteiger partial charge in [0.2, 0.25) is 0 Å². The molecule has 0 saturated carbocycles. The molecule has 0 saturated heterocycles. The van der Waals surface area contributed by atoms with Gasteiger partial charge in [-0.1, -0.05) is 36.2 Å². The summed E-state index contributed by atoms with van der Waals surface area (Å²) in [6.07, 6.45) is 4.91. The van der Waals surface area contributed by atoms with E-state index in [0.717, 1.165) is 24.1 Å². The van der Waals surface area contributed by atoms with Crippen LogP contribution in [0, 0.1) is 0 Å². The first kappa shape index (κ1) is 17.6. The number of benzene rings is 1. The Morgan fingerprint density at radius 3 is 2.74 bits per heavy atom. The van der Waals surface area contributed by atoms with Crippen LogP contribution in [0.25, 0.3) is 0 Å². The van der Waals surface area contributed by atoms with Gasteiger partial charge in [-0.2, -0.15) is 0 Å². The van der Waals surface area contributed by atoms with Gasteiger partial charge in [-0.05, 0) is 36.6 Å². The number of carbonyl (C=O) groups excluding carboxylic acids is 1. The molecule has 0 spiro atoms. The van der Waals surface area contributed by atoms with Crippen molar-refractivity contribution in [3.63, 3.8) is 0 Å². The molecule has 1 aromatic heterocycles. The zero-order valence-corrected chi connectivity index (χ0v) is 14.4. The SMILES string of the molecule is CCCNC(=O)c1cncc(NCCc2ccc(Cl)cc2Cl)c1. The van der Waals surface area contributed by atoms with E-state index in [4.69, 9.17) is 23.2 Å². The van der Waals surface area contributed by atoms with Crippen molar-refractivity contribution >= 4 is 34.8 Å². The van der Waals surface area contributed by atoms with Crippen molar-refractivity contribution in [1.82, 2.24) is 10.3 Å². The Morgan fingerprint density at radius 1 is 1.17 bits per heavy atom. The van der Waals surface area contributed by atoms with E-state index in [1.165, 1.54) is 0 Å². The lowest BCUT2D eigenvalue weighted by molar-refractivity contribution is 0.0953. The van der Waals surface area contributed by atoms with Gasteiger partial charge in [0.25, 0.3) is 5.91 Å². The second-order valence-electron chi connectivity index (χ2n) is 5.13. The topological polar surface area (TPSA) is 54.0 Å².